The van der Waals surface area contributed by atoms with Gasteiger partial charge in [0.1, 0.15) is 5.78 Å². The molecule has 3 heteroatoms. The molecule has 0 aromatic heterocycles. The van der Waals surface area contributed by atoms with E-state index in [1.54, 1.807) is 0 Å². The van der Waals surface area contributed by atoms with Crippen LogP contribution in [0.25, 0.3) is 0 Å². The molecule has 0 spiro atoms. The Balaban J connectivity index is 0. The number of halogens is 1. The van der Waals surface area contributed by atoms with Crippen LogP contribution in [0, 0.1) is 5.92 Å². The van der Waals surface area contributed by atoms with Gasteiger partial charge in [0.05, 0.1) is 0 Å². The van der Waals surface area contributed by atoms with Crippen molar-refractivity contribution in [3.8, 4) is 0 Å². The molecule has 0 bridgehead atoms. The van der Waals surface area contributed by atoms with E-state index in [0.29, 0.717) is 12.2 Å². The summed E-state index contributed by atoms with van der Waals surface area (Å²) in [5, 5.41) is 0. The maximum Gasteiger partial charge on any atom is 0.136 e. The lowest BCUT2D eigenvalue weighted by atomic mass is 10.1. The molecule has 0 atom stereocenters. The van der Waals surface area contributed by atoms with Crippen LogP contribution in [0.5, 0.6) is 0 Å². The van der Waals surface area contributed by atoms with Gasteiger partial charge in [-0.25, -0.2) is 0 Å². The van der Waals surface area contributed by atoms with Crippen LogP contribution in [0.4, 0.5) is 0 Å². The summed E-state index contributed by atoms with van der Waals surface area (Å²) < 4.78 is 0. The molecule has 0 aliphatic rings. The topological polar surface area (TPSA) is 20.3 Å². The second-order valence-corrected chi connectivity index (χ2v) is 3.17. The van der Waals surface area contributed by atoms with Crippen molar-refractivity contribution in [2.45, 2.75) is 20.3 Å². The molecule has 0 N–H and O–H groups in total. The molecule has 0 saturated carbocycles. The van der Waals surface area contributed by atoms with E-state index in [-0.39, 0.29) is 18.3 Å². The number of ketones is 1. The Morgan fingerprint density at radius 3 is 2.09 bits per heavy atom. The van der Waals surface area contributed by atoms with E-state index in [1.165, 1.54) is 0 Å². The monoisotopic (exact) mass is 179 g/mol. The normalized spacial score (nSPS) is 10.0. The first kappa shape index (κ1) is 13.5. The molecule has 0 aromatic rings. The van der Waals surface area contributed by atoms with Crippen LogP contribution in [0.1, 0.15) is 20.3 Å². The second-order valence-electron chi connectivity index (χ2n) is 3.17. The van der Waals surface area contributed by atoms with Gasteiger partial charge in [0.2, 0.25) is 0 Å². The van der Waals surface area contributed by atoms with E-state index >= 15 is 0 Å². The Bertz CT molecular complexity index is 113. The minimum absolute atomic E-state index is 0. The number of nitrogens with zero attached hydrogens (tertiary/aromatic N) is 1. The molecule has 0 aliphatic heterocycles. The fraction of sp³-hybridized carbons (Fsp3) is 0.875. The van der Waals surface area contributed by atoms with E-state index < -0.39 is 0 Å². The second kappa shape index (κ2) is 6.62. The number of carbonyl (C=O) groups is 1. The number of carbonyl (C=O) groups excluding carboxylic acids is 1. The van der Waals surface area contributed by atoms with Crippen molar-refractivity contribution in [2.24, 2.45) is 5.92 Å². The van der Waals surface area contributed by atoms with Crippen molar-refractivity contribution in [1.29, 1.82) is 0 Å². The third-order valence-electron chi connectivity index (χ3n) is 1.45. The highest BCUT2D eigenvalue weighted by Crippen LogP contribution is 1.98. The van der Waals surface area contributed by atoms with Crippen molar-refractivity contribution < 1.29 is 4.79 Å². The van der Waals surface area contributed by atoms with Gasteiger partial charge in [0, 0.05) is 18.9 Å². The van der Waals surface area contributed by atoms with Crippen LogP contribution >= 0.6 is 12.4 Å². The molecule has 0 rings (SSSR count). The maximum absolute atomic E-state index is 11.0. The van der Waals surface area contributed by atoms with E-state index in [2.05, 4.69) is 0 Å². The average molecular weight is 180 g/mol. The van der Waals surface area contributed by atoms with Crippen LogP contribution in [0.15, 0.2) is 0 Å². The van der Waals surface area contributed by atoms with Gasteiger partial charge >= 0.3 is 0 Å². The fourth-order valence-corrected chi connectivity index (χ4v) is 0.622. The summed E-state index contributed by atoms with van der Waals surface area (Å²) in [6.45, 7) is 4.76. The summed E-state index contributed by atoms with van der Waals surface area (Å²) in [6, 6.07) is 0. The quantitative estimate of drug-likeness (QED) is 0.654. The molecule has 2 nitrogen and oxygen atoms in total. The van der Waals surface area contributed by atoms with Crippen LogP contribution in [0.2, 0.25) is 0 Å². The molecular weight excluding hydrogens is 162 g/mol. The summed E-state index contributed by atoms with van der Waals surface area (Å²) in [6.07, 6.45) is 0.685. The lowest BCUT2D eigenvalue weighted by Crippen LogP contribution is -2.18. The molecule has 0 amide bonds. The van der Waals surface area contributed by atoms with Crippen molar-refractivity contribution in [3.05, 3.63) is 0 Å². The van der Waals surface area contributed by atoms with E-state index in [9.17, 15) is 4.79 Å². The molecule has 11 heavy (non-hydrogen) atoms. The molecule has 0 unspecified atom stereocenters. The Hall–Kier alpha value is -0.0800. The number of hydrogen-bond donors (Lipinski definition) is 0. The molecule has 0 fully saturated rings. The molecule has 0 aromatic carbocycles. The van der Waals surface area contributed by atoms with Gasteiger partial charge in [-0.1, -0.05) is 13.8 Å². The molecular formula is C8H18ClNO. The van der Waals surface area contributed by atoms with Gasteiger partial charge in [0.15, 0.2) is 0 Å². The first-order chi connectivity index (χ1) is 4.54. The van der Waals surface area contributed by atoms with Crippen LogP contribution < -0.4 is 0 Å². The Labute approximate surface area is 75.4 Å². The molecule has 0 radical (unpaired) electrons. The summed E-state index contributed by atoms with van der Waals surface area (Å²) in [5.41, 5.74) is 0. The van der Waals surface area contributed by atoms with Crippen LogP contribution in [-0.4, -0.2) is 31.3 Å². The molecule has 0 heterocycles. The zero-order chi connectivity index (χ0) is 8.15. The van der Waals surface area contributed by atoms with Gasteiger partial charge < -0.3 is 4.90 Å². The van der Waals surface area contributed by atoms with E-state index in [1.807, 2.05) is 32.8 Å². The third kappa shape index (κ3) is 7.82. The highest BCUT2D eigenvalue weighted by Gasteiger charge is 2.06. The zero-order valence-electron chi connectivity index (χ0n) is 7.76. The first-order valence-corrected chi connectivity index (χ1v) is 3.71. The van der Waals surface area contributed by atoms with Gasteiger partial charge in [-0.15, -0.1) is 12.4 Å². The maximum atomic E-state index is 11.0. The fourth-order valence-electron chi connectivity index (χ4n) is 0.622. The summed E-state index contributed by atoms with van der Waals surface area (Å²) in [4.78, 5) is 13.0. The van der Waals surface area contributed by atoms with Gasteiger partial charge in [-0.3, -0.25) is 4.79 Å². The SMILES string of the molecule is CC(C)C(=O)CCN(C)C.Cl. The Morgan fingerprint density at radius 1 is 1.36 bits per heavy atom. The standard InChI is InChI=1S/C8H17NO.ClH/c1-7(2)8(10)5-6-9(3)4;/h7H,5-6H2,1-4H3;1H. The minimum atomic E-state index is 0. The highest BCUT2D eigenvalue weighted by molar-refractivity contribution is 5.85. The van der Waals surface area contributed by atoms with E-state index in [4.69, 9.17) is 0 Å². The number of rotatable bonds is 4. The third-order valence-corrected chi connectivity index (χ3v) is 1.45. The first-order valence-electron chi connectivity index (χ1n) is 3.71. The van der Waals surface area contributed by atoms with Gasteiger partial charge in [-0.2, -0.15) is 0 Å². The summed E-state index contributed by atoms with van der Waals surface area (Å²) in [5.74, 6) is 0.550. The average Bonchev–Trinajstić information content (AvgIpc) is 1.82. The van der Waals surface area contributed by atoms with Crippen molar-refractivity contribution in [3.63, 3.8) is 0 Å². The molecule has 68 valence electrons. The zero-order valence-corrected chi connectivity index (χ0v) is 8.57. The predicted octanol–water partition coefficient (Wildman–Crippen LogP) is 1.58. The van der Waals surface area contributed by atoms with Gasteiger partial charge in [-0.05, 0) is 14.1 Å². The van der Waals surface area contributed by atoms with Crippen molar-refractivity contribution in [2.75, 3.05) is 20.6 Å². The summed E-state index contributed by atoms with van der Waals surface area (Å²) in [7, 11) is 3.96. The molecule has 0 saturated heterocycles. The summed E-state index contributed by atoms with van der Waals surface area (Å²) >= 11 is 0. The van der Waals surface area contributed by atoms with Gasteiger partial charge in [0.25, 0.3) is 0 Å². The lowest BCUT2D eigenvalue weighted by molar-refractivity contribution is -0.122. The molecule has 0 aliphatic carbocycles. The minimum Gasteiger partial charge on any atom is -0.309 e. The lowest BCUT2D eigenvalue weighted by Gasteiger charge is -2.09. The smallest absolute Gasteiger partial charge is 0.136 e. The van der Waals surface area contributed by atoms with Crippen molar-refractivity contribution in [1.82, 2.24) is 4.90 Å². The predicted molar refractivity (Wildman–Crippen MR) is 50.3 cm³/mol. The Kier molecular flexibility index (Phi) is 8.13. The van der Waals surface area contributed by atoms with E-state index in [0.717, 1.165) is 6.54 Å². The van der Waals surface area contributed by atoms with Crippen LogP contribution in [-0.2, 0) is 4.79 Å². The van der Waals surface area contributed by atoms with Crippen LogP contribution in [0.3, 0.4) is 0 Å². The largest absolute Gasteiger partial charge is 0.309 e. The Morgan fingerprint density at radius 2 is 1.82 bits per heavy atom. The van der Waals surface area contributed by atoms with Crippen molar-refractivity contribution >= 4 is 18.2 Å². The number of hydrogen-bond acceptors (Lipinski definition) is 2. The highest BCUT2D eigenvalue weighted by atomic mass is 35.5. The number of Topliss-reactive ketones (excluding diaryl/α,β-unsaturated/α-hetero) is 1.